The summed E-state index contributed by atoms with van der Waals surface area (Å²) in [7, 11) is 0. The van der Waals surface area contributed by atoms with Crippen LogP contribution >= 0.6 is 0 Å². The molecule has 1 heterocycles. The highest BCUT2D eigenvalue weighted by molar-refractivity contribution is 5.92. The van der Waals surface area contributed by atoms with Crippen molar-refractivity contribution >= 4 is 12.0 Å². The largest absolute Gasteiger partial charge is 0.467 e. The summed E-state index contributed by atoms with van der Waals surface area (Å²) < 4.78 is 5.18. The molecule has 1 unspecified atom stereocenters. The van der Waals surface area contributed by atoms with Gasteiger partial charge in [0.05, 0.1) is 12.9 Å². The van der Waals surface area contributed by atoms with Crippen LogP contribution in [0.2, 0.25) is 0 Å². The summed E-state index contributed by atoms with van der Waals surface area (Å²) in [6.07, 6.45) is 4.72. The van der Waals surface area contributed by atoms with Crippen LogP contribution in [0.1, 0.15) is 28.5 Å². The topological polar surface area (TPSA) is 62.5 Å². The van der Waals surface area contributed by atoms with E-state index in [4.69, 9.17) is 4.42 Å². The van der Waals surface area contributed by atoms with Crippen LogP contribution in [0, 0.1) is 13.8 Å². The number of amides is 1. The van der Waals surface area contributed by atoms with Crippen molar-refractivity contribution in [2.24, 2.45) is 0 Å². The van der Waals surface area contributed by atoms with Gasteiger partial charge < -0.3 is 14.8 Å². The summed E-state index contributed by atoms with van der Waals surface area (Å²) in [5.41, 5.74) is 3.28. The number of furan rings is 1. The Morgan fingerprint density at radius 2 is 2.05 bits per heavy atom. The Balaban J connectivity index is 2.02. The molecule has 0 radical (unpaired) electrons. The average Bonchev–Trinajstić information content (AvgIpc) is 2.95. The lowest BCUT2D eigenvalue weighted by Gasteiger charge is -2.12. The summed E-state index contributed by atoms with van der Waals surface area (Å²) in [4.78, 5) is 11.9. The number of benzene rings is 1. The van der Waals surface area contributed by atoms with Gasteiger partial charge >= 0.3 is 0 Å². The first-order chi connectivity index (χ1) is 10.1. The van der Waals surface area contributed by atoms with E-state index in [0.717, 1.165) is 16.7 Å². The van der Waals surface area contributed by atoms with E-state index in [1.165, 1.54) is 12.3 Å². The average molecular weight is 285 g/mol. The molecule has 4 nitrogen and oxygen atoms in total. The van der Waals surface area contributed by atoms with Crippen molar-refractivity contribution in [3.05, 3.63) is 65.1 Å². The van der Waals surface area contributed by atoms with Gasteiger partial charge in [-0.15, -0.1) is 0 Å². The monoisotopic (exact) mass is 285 g/mol. The molecule has 0 saturated heterocycles. The second kappa shape index (κ2) is 6.90. The molecule has 0 bridgehead atoms. The van der Waals surface area contributed by atoms with Crippen LogP contribution in [0.5, 0.6) is 0 Å². The minimum absolute atomic E-state index is 0.212. The van der Waals surface area contributed by atoms with Crippen LogP contribution in [0.3, 0.4) is 0 Å². The molecule has 1 aromatic heterocycles. The number of hydrogen-bond acceptors (Lipinski definition) is 3. The minimum atomic E-state index is -0.531. The predicted octanol–water partition coefficient (Wildman–Crippen LogP) is 2.76. The Bertz CT molecular complexity index is 609. The van der Waals surface area contributed by atoms with Gasteiger partial charge in [0.15, 0.2) is 0 Å². The van der Waals surface area contributed by atoms with E-state index in [9.17, 15) is 9.90 Å². The number of hydrogen-bond donors (Lipinski definition) is 2. The third-order valence-corrected chi connectivity index (χ3v) is 3.06. The summed E-state index contributed by atoms with van der Waals surface area (Å²) in [5.74, 6) is 0.259. The summed E-state index contributed by atoms with van der Waals surface area (Å²) >= 11 is 0. The number of carbonyl (C=O) groups is 1. The van der Waals surface area contributed by atoms with Gasteiger partial charge in [-0.1, -0.05) is 29.3 Å². The number of carbonyl (C=O) groups excluding carboxylic acids is 1. The summed E-state index contributed by atoms with van der Waals surface area (Å²) in [5, 5.41) is 12.0. The van der Waals surface area contributed by atoms with Crippen molar-refractivity contribution in [3.8, 4) is 0 Å². The Morgan fingerprint density at radius 1 is 1.33 bits per heavy atom. The summed E-state index contributed by atoms with van der Waals surface area (Å²) in [6, 6.07) is 9.00. The Morgan fingerprint density at radius 3 is 2.62 bits per heavy atom. The SMILES string of the molecule is Cc1cc(C)cc(/C=C/C(=O)NC(CO)c2ccco2)c1. The lowest BCUT2D eigenvalue weighted by molar-refractivity contribution is -0.117. The van der Waals surface area contributed by atoms with E-state index < -0.39 is 6.04 Å². The molecule has 21 heavy (non-hydrogen) atoms. The van der Waals surface area contributed by atoms with Gasteiger partial charge in [-0.3, -0.25) is 4.79 Å². The molecule has 1 atom stereocenters. The molecule has 0 spiro atoms. The van der Waals surface area contributed by atoms with Gasteiger partial charge in [-0.2, -0.15) is 0 Å². The van der Waals surface area contributed by atoms with Crippen molar-refractivity contribution in [3.63, 3.8) is 0 Å². The van der Waals surface area contributed by atoms with Crippen molar-refractivity contribution in [2.45, 2.75) is 19.9 Å². The molecule has 2 aromatic rings. The molecule has 1 aromatic carbocycles. The van der Waals surface area contributed by atoms with Gasteiger partial charge in [0.25, 0.3) is 0 Å². The van der Waals surface area contributed by atoms with Gasteiger partial charge in [-0.05, 0) is 37.6 Å². The van der Waals surface area contributed by atoms with E-state index in [1.54, 1.807) is 18.2 Å². The molecule has 0 aliphatic heterocycles. The molecule has 1 amide bonds. The molecule has 0 aliphatic carbocycles. The van der Waals surface area contributed by atoms with Crippen molar-refractivity contribution < 1.29 is 14.3 Å². The molecular formula is C17H19NO3. The maximum absolute atomic E-state index is 11.9. The fraction of sp³-hybridized carbons (Fsp3) is 0.235. The molecular weight excluding hydrogens is 266 g/mol. The van der Waals surface area contributed by atoms with E-state index in [0.29, 0.717) is 5.76 Å². The zero-order chi connectivity index (χ0) is 15.2. The van der Waals surface area contributed by atoms with Crippen LogP contribution < -0.4 is 5.32 Å². The molecule has 4 heteroatoms. The molecule has 2 N–H and O–H groups in total. The summed E-state index contributed by atoms with van der Waals surface area (Å²) in [6.45, 7) is 3.82. The Hall–Kier alpha value is -2.33. The predicted molar refractivity (Wildman–Crippen MR) is 81.6 cm³/mol. The maximum atomic E-state index is 11.9. The van der Waals surface area contributed by atoms with Gasteiger partial charge in [-0.25, -0.2) is 0 Å². The van der Waals surface area contributed by atoms with Crippen molar-refractivity contribution in [1.82, 2.24) is 5.32 Å². The van der Waals surface area contributed by atoms with Crippen LogP contribution in [-0.4, -0.2) is 17.6 Å². The normalized spacial score (nSPS) is 12.5. The van der Waals surface area contributed by atoms with E-state index in [1.807, 2.05) is 26.0 Å². The van der Waals surface area contributed by atoms with Crippen LogP contribution in [0.25, 0.3) is 6.08 Å². The Labute approximate surface area is 124 Å². The third-order valence-electron chi connectivity index (χ3n) is 3.06. The first-order valence-electron chi connectivity index (χ1n) is 6.79. The van der Waals surface area contributed by atoms with Gasteiger partial charge in [0, 0.05) is 6.08 Å². The lowest BCUT2D eigenvalue weighted by atomic mass is 10.1. The molecule has 2 rings (SSSR count). The number of aryl methyl sites for hydroxylation is 2. The first-order valence-corrected chi connectivity index (χ1v) is 6.79. The number of aliphatic hydroxyl groups is 1. The van der Waals surface area contributed by atoms with Crippen molar-refractivity contribution in [2.75, 3.05) is 6.61 Å². The highest BCUT2D eigenvalue weighted by Gasteiger charge is 2.14. The first kappa shape index (κ1) is 15.1. The molecule has 0 saturated carbocycles. The third kappa shape index (κ3) is 4.33. The minimum Gasteiger partial charge on any atom is -0.467 e. The molecule has 0 fully saturated rings. The van der Waals surface area contributed by atoms with E-state index in [-0.39, 0.29) is 12.5 Å². The zero-order valence-corrected chi connectivity index (χ0v) is 12.2. The number of nitrogens with one attached hydrogen (secondary N) is 1. The fourth-order valence-electron chi connectivity index (χ4n) is 2.19. The second-order valence-electron chi connectivity index (χ2n) is 5.01. The van der Waals surface area contributed by atoms with Gasteiger partial charge in [0.1, 0.15) is 11.8 Å². The standard InChI is InChI=1S/C17H19NO3/c1-12-8-13(2)10-14(9-12)5-6-17(20)18-15(11-19)16-4-3-7-21-16/h3-10,15,19H,11H2,1-2H3,(H,18,20)/b6-5+. The van der Waals surface area contributed by atoms with Crippen LogP contribution in [0.15, 0.2) is 47.1 Å². The van der Waals surface area contributed by atoms with E-state index >= 15 is 0 Å². The maximum Gasteiger partial charge on any atom is 0.244 e. The highest BCUT2D eigenvalue weighted by Crippen LogP contribution is 2.13. The highest BCUT2D eigenvalue weighted by atomic mass is 16.3. The second-order valence-corrected chi connectivity index (χ2v) is 5.01. The van der Waals surface area contributed by atoms with Crippen LogP contribution in [-0.2, 0) is 4.79 Å². The lowest BCUT2D eigenvalue weighted by Crippen LogP contribution is -2.28. The Kier molecular flexibility index (Phi) is 4.95. The number of rotatable bonds is 5. The number of aliphatic hydroxyl groups excluding tert-OH is 1. The zero-order valence-electron chi connectivity index (χ0n) is 12.2. The van der Waals surface area contributed by atoms with E-state index in [2.05, 4.69) is 11.4 Å². The quantitative estimate of drug-likeness (QED) is 0.830. The smallest absolute Gasteiger partial charge is 0.244 e. The van der Waals surface area contributed by atoms with Crippen molar-refractivity contribution in [1.29, 1.82) is 0 Å². The molecule has 110 valence electrons. The molecule has 0 aliphatic rings. The van der Waals surface area contributed by atoms with Gasteiger partial charge in [0.2, 0.25) is 5.91 Å². The van der Waals surface area contributed by atoms with Crippen LogP contribution in [0.4, 0.5) is 0 Å². The fourth-order valence-corrected chi connectivity index (χ4v) is 2.19.